The predicted octanol–water partition coefficient (Wildman–Crippen LogP) is 3.70. The Kier molecular flexibility index (Phi) is 5.72. The van der Waals surface area contributed by atoms with Crippen LogP contribution in [0.15, 0.2) is 55.1 Å². The van der Waals surface area contributed by atoms with Gasteiger partial charge in [-0.1, -0.05) is 12.1 Å². The van der Waals surface area contributed by atoms with Crippen molar-refractivity contribution in [2.24, 2.45) is 5.41 Å². The number of piperidine rings is 1. The van der Waals surface area contributed by atoms with Gasteiger partial charge in [-0.2, -0.15) is 0 Å². The van der Waals surface area contributed by atoms with Crippen molar-refractivity contribution >= 4 is 5.91 Å². The Hall–Kier alpha value is -3.32. The van der Waals surface area contributed by atoms with Gasteiger partial charge in [-0.05, 0) is 60.4 Å². The Morgan fingerprint density at radius 1 is 1.09 bits per heavy atom. The summed E-state index contributed by atoms with van der Waals surface area (Å²) >= 11 is 0. The minimum absolute atomic E-state index is 0.178. The number of carbonyl (C=O) groups excluding carboxylic acids is 1. The number of ether oxygens (including phenoxy) is 1. The highest BCUT2D eigenvalue weighted by Gasteiger charge is 2.48. The molecule has 7 nitrogen and oxygen atoms in total. The first-order valence-electron chi connectivity index (χ1n) is 12.5. The van der Waals surface area contributed by atoms with Crippen molar-refractivity contribution in [3.8, 4) is 17.0 Å². The molecule has 0 N–H and O–H groups in total. The third-order valence-corrected chi connectivity index (χ3v) is 8.11. The van der Waals surface area contributed by atoms with E-state index in [9.17, 15) is 4.79 Å². The maximum Gasteiger partial charge on any atom is 0.228 e. The molecule has 3 aromatic rings. The van der Waals surface area contributed by atoms with E-state index in [1.54, 1.807) is 25.7 Å². The lowest BCUT2D eigenvalue weighted by Crippen LogP contribution is -2.61. The molecule has 6 rings (SSSR count). The molecule has 7 heteroatoms. The normalized spacial score (nSPS) is 20.9. The second-order valence-corrected chi connectivity index (χ2v) is 10.2. The average molecular weight is 470 g/mol. The monoisotopic (exact) mass is 469 g/mol. The Balaban J connectivity index is 1.03. The minimum atomic E-state index is 0.178. The van der Waals surface area contributed by atoms with Crippen LogP contribution >= 0.6 is 0 Å². The molecule has 0 radical (unpaired) electrons. The summed E-state index contributed by atoms with van der Waals surface area (Å²) in [6.45, 7) is 3.99. The number of nitrogens with zero attached hydrogens (tertiary/aromatic N) is 5. The number of methoxy groups -OCH3 is 1. The number of pyridine rings is 1. The minimum Gasteiger partial charge on any atom is -0.495 e. The van der Waals surface area contributed by atoms with Gasteiger partial charge < -0.3 is 9.64 Å². The summed E-state index contributed by atoms with van der Waals surface area (Å²) in [5.41, 5.74) is 6.19. The number of benzene rings is 1. The third kappa shape index (κ3) is 4.29. The van der Waals surface area contributed by atoms with Crippen molar-refractivity contribution in [1.29, 1.82) is 0 Å². The first kappa shape index (κ1) is 22.2. The molecule has 2 saturated heterocycles. The molecule has 1 unspecified atom stereocenters. The predicted molar refractivity (Wildman–Crippen MR) is 133 cm³/mol. The number of fused-ring (bicyclic) bond motifs is 1. The van der Waals surface area contributed by atoms with Gasteiger partial charge in [0, 0.05) is 55.9 Å². The van der Waals surface area contributed by atoms with Crippen molar-refractivity contribution < 1.29 is 9.53 Å². The standard InChI is InChI=1S/C28H31N5O2/c1-35-23-5-4-22(31-16-23)15-27(34)32-12-8-28(9-13-32)18-33(19-28)26-7-3-20-14-21(2-6-24(20)26)25-17-29-10-11-30-25/h2,4-6,10-11,14,16-17,26H,3,7-9,12-13,15,18-19H2,1H3. The largest absolute Gasteiger partial charge is 0.495 e. The van der Waals surface area contributed by atoms with Gasteiger partial charge >= 0.3 is 0 Å². The van der Waals surface area contributed by atoms with E-state index in [0.717, 1.165) is 62.4 Å². The van der Waals surface area contributed by atoms with Gasteiger partial charge in [-0.25, -0.2) is 0 Å². The number of likely N-dealkylation sites (tertiary alicyclic amines) is 2. The van der Waals surface area contributed by atoms with Crippen LogP contribution in [0.5, 0.6) is 5.75 Å². The number of hydrogen-bond donors (Lipinski definition) is 0. The molecule has 3 aliphatic rings. The molecule has 1 atom stereocenters. The number of amides is 1. The topological polar surface area (TPSA) is 71.5 Å². The summed E-state index contributed by atoms with van der Waals surface area (Å²) in [5.74, 6) is 0.892. The highest BCUT2D eigenvalue weighted by atomic mass is 16.5. The molecule has 0 saturated carbocycles. The van der Waals surface area contributed by atoms with Crippen LogP contribution in [0.3, 0.4) is 0 Å². The molecule has 35 heavy (non-hydrogen) atoms. The van der Waals surface area contributed by atoms with Crippen LogP contribution in [0.25, 0.3) is 11.3 Å². The van der Waals surface area contributed by atoms with Gasteiger partial charge in [0.15, 0.2) is 0 Å². The molecular formula is C28H31N5O2. The van der Waals surface area contributed by atoms with E-state index in [1.165, 1.54) is 17.5 Å². The van der Waals surface area contributed by atoms with Crippen molar-refractivity contribution in [1.82, 2.24) is 24.8 Å². The van der Waals surface area contributed by atoms with E-state index in [2.05, 4.69) is 38.1 Å². The Labute approximate surface area is 206 Å². The molecule has 4 heterocycles. The average Bonchev–Trinajstić information content (AvgIpc) is 3.31. The fraction of sp³-hybridized carbons (Fsp3) is 0.429. The maximum absolute atomic E-state index is 12.8. The van der Waals surface area contributed by atoms with Gasteiger partial charge in [0.25, 0.3) is 0 Å². The van der Waals surface area contributed by atoms with E-state index in [1.807, 2.05) is 23.2 Å². The summed E-state index contributed by atoms with van der Waals surface area (Å²) in [6.07, 6.45) is 11.8. The molecular weight excluding hydrogens is 438 g/mol. The second kappa shape index (κ2) is 9.04. The first-order chi connectivity index (χ1) is 17.1. The smallest absolute Gasteiger partial charge is 0.228 e. The number of aromatic nitrogens is 3. The number of aryl methyl sites for hydroxylation is 1. The zero-order chi connectivity index (χ0) is 23.8. The van der Waals surface area contributed by atoms with Crippen LogP contribution in [-0.2, 0) is 17.6 Å². The molecule has 0 bridgehead atoms. The quantitative estimate of drug-likeness (QED) is 0.568. The van der Waals surface area contributed by atoms with E-state index < -0.39 is 0 Å². The van der Waals surface area contributed by atoms with E-state index in [4.69, 9.17) is 4.74 Å². The molecule has 2 aromatic heterocycles. The summed E-state index contributed by atoms with van der Waals surface area (Å²) in [4.78, 5) is 30.5. The van der Waals surface area contributed by atoms with E-state index >= 15 is 0 Å². The number of rotatable bonds is 5. The van der Waals surface area contributed by atoms with Gasteiger partial charge in [-0.3, -0.25) is 24.6 Å². The fourth-order valence-electron chi connectivity index (χ4n) is 6.07. The van der Waals surface area contributed by atoms with Gasteiger partial charge in [0.1, 0.15) is 5.75 Å². The van der Waals surface area contributed by atoms with E-state index in [0.29, 0.717) is 23.6 Å². The molecule has 180 valence electrons. The molecule has 2 fully saturated rings. The lowest BCUT2D eigenvalue weighted by Gasteiger charge is -2.56. The Morgan fingerprint density at radius 3 is 2.66 bits per heavy atom. The van der Waals surface area contributed by atoms with Gasteiger partial charge in [0.05, 0.1) is 31.6 Å². The SMILES string of the molecule is COc1ccc(CC(=O)N2CCC3(CC2)CN(C2CCc4cc(-c5cnccn5)ccc42)C3)nc1. The molecule has 2 aliphatic heterocycles. The number of hydrogen-bond acceptors (Lipinski definition) is 6. The van der Waals surface area contributed by atoms with Crippen molar-refractivity contribution in [3.05, 3.63) is 71.9 Å². The summed E-state index contributed by atoms with van der Waals surface area (Å²) in [6, 6.07) is 11.1. The molecule has 1 aromatic carbocycles. The zero-order valence-electron chi connectivity index (χ0n) is 20.2. The summed E-state index contributed by atoms with van der Waals surface area (Å²) < 4.78 is 5.15. The molecule has 1 spiro atoms. The Bertz CT molecular complexity index is 1200. The van der Waals surface area contributed by atoms with Crippen LogP contribution in [-0.4, -0.2) is 63.9 Å². The summed E-state index contributed by atoms with van der Waals surface area (Å²) in [5, 5.41) is 0. The van der Waals surface area contributed by atoms with Crippen molar-refractivity contribution in [2.45, 2.75) is 38.1 Å². The lowest BCUT2D eigenvalue weighted by atomic mass is 9.71. The molecule has 1 aliphatic carbocycles. The highest BCUT2D eigenvalue weighted by Crippen LogP contribution is 2.48. The van der Waals surface area contributed by atoms with Crippen LogP contribution < -0.4 is 4.74 Å². The van der Waals surface area contributed by atoms with Crippen LogP contribution in [0.2, 0.25) is 0 Å². The van der Waals surface area contributed by atoms with Gasteiger partial charge in [-0.15, -0.1) is 0 Å². The van der Waals surface area contributed by atoms with Crippen molar-refractivity contribution in [3.63, 3.8) is 0 Å². The number of carbonyl (C=O) groups is 1. The maximum atomic E-state index is 12.8. The fourth-order valence-corrected chi connectivity index (χ4v) is 6.07. The summed E-state index contributed by atoms with van der Waals surface area (Å²) in [7, 11) is 1.62. The second-order valence-electron chi connectivity index (χ2n) is 10.2. The lowest BCUT2D eigenvalue weighted by molar-refractivity contribution is -0.136. The van der Waals surface area contributed by atoms with Gasteiger partial charge in [0.2, 0.25) is 5.91 Å². The highest BCUT2D eigenvalue weighted by molar-refractivity contribution is 5.78. The first-order valence-corrected chi connectivity index (χ1v) is 12.5. The third-order valence-electron chi connectivity index (χ3n) is 8.11. The van der Waals surface area contributed by atoms with Crippen LogP contribution in [0, 0.1) is 5.41 Å². The van der Waals surface area contributed by atoms with E-state index in [-0.39, 0.29) is 5.91 Å². The molecule has 1 amide bonds. The zero-order valence-corrected chi connectivity index (χ0v) is 20.2. The Morgan fingerprint density at radius 2 is 1.94 bits per heavy atom. The van der Waals surface area contributed by atoms with Crippen molar-refractivity contribution in [2.75, 3.05) is 33.3 Å². The van der Waals surface area contributed by atoms with Crippen LogP contribution in [0.1, 0.15) is 42.1 Å². The van der Waals surface area contributed by atoms with Crippen LogP contribution in [0.4, 0.5) is 0 Å².